The van der Waals surface area contributed by atoms with Crippen LogP contribution in [-0.2, 0) is 11.3 Å². The summed E-state index contributed by atoms with van der Waals surface area (Å²) in [5.74, 6) is 1.67. The number of aromatic nitrogens is 3. The van der Waals surface area contributed by atoms with Crippen LogP contribution in [0.4, 0.5) is 5.95 Å². The number of rotatable bonds is 5. The fourth-order valence-corrected chi connectivity index (χ4v) is 3.74. The van der Waals surface area contributed by atoms with Gasteiger partial charge >= 0.3 is 0 Å². The molecule has 0 spiro atoms. The first-order valence-corrected chi connectivity index (χ1v) is 9.62. The summed E-state index contributed by atoms with van der Waals surface area (Å²) in [6.45, 7) is 4.11. The minimum absolute atomic E-state index is 0.0524. The van der Waals surface area contributed by atoms with Crippen LogP contribution in [-0.4, -0.2) is 40.7 Å². The van der Waals surface area contributed by atoms with Crippen molar-refractivity contribution in [1.82, 2.24) is 19.9 Å². The van der Waals surface area contributed by atoms with Gasteiger partial charge in [-0.05, 0) is 49.6 Å². The van der Waals surface area contributed by atoms with Crippen LogP contribution < -0.4 is 15.0 Å². The van der Waals surface area contributed by atoms with Crippen molar-refractivity contribution in [2.75, 3.05) is 25.1 Å². The minimum Gasteiger partial charge on any atom is -0.497 e. The van der Waals surface area contributed by atoms with Gasteiger partial charge in [-0.1, -0.05) is 18.2 Å². The van der Waals surface area contributed by atoms with Crippen LogP contribution >= 0.6 is 0 Å². The molecule has 1 aromatic carbocycles. The molecule has 2 aromatic heterocycles. The van der Waals surface area contributed by atoms with E-state index in [1.165, 1.54) is 0 Å². The standard InChI is InChI=1S/C21H25N5O2/c1-15-5-3-7-19-23-24-21(26(15)19)25-12-4-6-17(14-25)20(27)22-13-16-8-10-18(28-2)11-9-16/h3,5,7-11,17H,4,6,12-14H2,1-2H3,(H,22,27)/t17-/m0/s1. The summed E-state index contributed by atoms with van der Waals surface area (Å²) in [6, 6.07) is 13.7. The quantitative estimate of drug-likeness (QED) is 0.738. The molecule has 0 radical (unpaired) electrons. The molecule has 3 aromatic rings. The van der Waals surface area contributed by atoms with Gasteiger partial charge in [-0.25, -0.2) is 0 Å². The van der Waals surface area contributed by atoms with Crippen molar-refractivity contribution < 1.29 is 9.53 Å². The predicted octanol–water partition coefficient (Wildman–Crippen LogP) is 2.58. The number of hydrogen-bond donors (Lipinski definition) is 1. The largest absolute Gasteiger partial charge is 0.497 e. The monoisotopic (exact) mass is 379 g/mol. The summed E-state index contributed by atoms with van der Waals surface area (Å²) < 4.78 is 7.22. The molecule has 1 aliphatic rings. The van der Waals surface area contributed by atoms with Gasteiger partial charge in [0.1, 0.15) is 5.75 Å². The van der Waals surface area contributed by atoms with Crippen molar-refractivity contribution in [2.45, 2.75) is 26.3 Å². The Kier molecular flexibility index (Phi) is 5.14. The van der Waals surface area contributed by atoms with Gasteiger partial charge in [-0.3, -0.25) is 9.20 Å². The number of nitrogens with zero attached hydrogens (tertiary/aromatic N) is 4. The van der Waals surface area contributed by atoms with E-state index in [9.17, 15) is 4.79 Å². The second-order valence-electron chi connectivity index (χ2n) is 7.21. The molecule has 28 heavy (non-hydrogen) atoms. The molecule has 3 heterocycles. The lowest BCUT2D eigenvalue weighted by molar-refractivity contribution is -0.125. The SMILES string of the molecule is COc1ccc(CNC(=O)[C@H]2CCCN(c3nnc4cccc(C)n34)C2)cc1. The molecule has 7 heteroatoms. The third-order valence-electron chi connectivity index (χ3n) is 5.31. The fraction of sp³-hybridized carbons (Fsp3) is 0.381. The number of pyridine rings is 1. The molecular formula is C21H25N5O2. The van der Waals surface area contributed by atoms with Gasteiger partial charge in [0.15, 0.2) is 5.65 Å². The van der Waals surface area contributed by atoms with E-state index >= 15 is 0 Å². The fourth-order valence-electron chi connectivity index (χ4n) is 3.74. The lowest BCUT2D eigenvalue weighted by atomic mass is 9.97. The highest BCUT2D eigenvalue weighted by Gasteiger charge is 2.28. The highest BCUT2D eigenvalue weighted by molar-refractivity contribution is 5.79. The topological polar surface area (TPSA) is 71.8 Å². The van der Waals surface area contributed by atoms with Gasteiger partial charge in [-0.15, -0.1) is 10.2 Å². The zero-order valence-electron chi connectivity index (χ0n) is 16.3. The summed E-state index contributed by atoms with van der Waals surface area (Å²) in [5, 5.41) is 11.7. The zero-order chi connectivity index (χ0) is 19.5. The first kappa shape index (κ1) is 18.3. The normalized spacial score (nSPS) is 16.9. The van der Waals surface area contributed by atoms with Crippen molar-refractivity contribution in [3.8, 4) is 5.75 Å². The van der Waals surface area contributed by atoms with E-state index < -0.39 is 0 Å². The number of piperidine rings is 1. The summed E-state index contributed by atoms with van der Waals surface area (Å²) in [6.07, 6.45) is 1.85. The number of nitrogens with one attached hydrogen (secondary N) is 1. The van der Waals surface area contributed by atoms with E-state index in [0.717, 1.165) is 48.0 Å². The van der Waals surface area contributed by atoms with Crippen molar-refractivity contribution in [2.24, 2.45) is 5.92 Å². The second kappa shape index (κ2) is 7.88. The number of methoxy groups -OCH3 is 1. The van der Waals surface area contributed by atoms with Crippen LogP contribution in [0.2, 0.25) is 0 Å². The van der Waals surface area contributed by atoms with Crippen LogP contribution in [0.5, 0.6) is 5.75 Å². The number of benzene rings is 1. The van der Waals surface area contributed by atoms with Gasteiger partial charge in [0.2, 0.25) is 11.9 Å². The predicted molar refractivity (Wildman–Crippen MR) is 108 cm³/mol. The van der Waals surface area contributed by atoms with Crippen molar-refractivity contribution in [3.63, 3.8) is 0 Å². The lowest BCUT2D eigenvalue weighted by Crippen LogP contribution is -2.43. The molecule has 7 nitrogen and oxygen atoms in total. The molecule has 1 N–H and O–H groups in total. The maximum atomic E-state index is 12.7. The molecule has 4 rings (SSSR count). The smallest absolute Gasteiger partial charge is 0.231 e. The highest BCUT2D eigenvalue weighted by atomic mass is 16.5. The van der Waals surface area contributed by atoms with Gasteiger partial charge in [-0.2, -0.15) is 0 Å². The number of fused-ring (bicyclic) bond motifs is 1. The second-order valence-corrected chi connectivity index (χ2v) is 7.21. The third-order valence-corrected chi connectivity index (χ3v) is 5.31. The van der Waals surface area contributed by atoms with Gasteiger partial charge < -0.3 is 15.0 Å². The highest BCUT2D eigenvalue weighted by Crippen LogP contribution is 2.23. The molecule has 1 fully saturated rings. The first-order chi connectivity index (χ1) is 13.7. The Morgan fingerprint density at radius 3 is 2.82 bits per heavy atom. The molecule has 0 saturated carbocycles. The van der Waals surface area contributed by atoms with E-state index in [1.807, 2.05) is 49.4 Å². The number of anilines is 1. The van der Waals surface area contributed by atoms with Crippen LogP contribution in [0.1, 0.15) is 24.1 Å². The number of ether oxygens (including phenoxy) is 1. The molecule has 146 valence electrons. The number of amides is 1. The molecule has 0 aliphatic carbocycles. The van der Waals surface area contributed by atoms with Crippen LogP contribution in [0.3, 0.4) is 0 Å². The minimum atomic E-state index is -0.0524. The van der Waals surface area contributed by atoms with E-state index in [-0.39, 0.29) is 11.8 Å². The van der Waals surface area contributed by atoms with E-state index in [0.29, 0.717) is 13.1 Å². The summed E-state index contributed by atoms with van der Waals surface area (Å²) >= 11 is 0. The Bertz CT molecular complexity index is 967. The van der Waals surface area contributed by atoms with E-state index in [4.69, 9.17) is 4.74 Å². The van der Waals surface area contributed by atoms with Crippen LogP contribution in [0.25, 0.3) is 5.65 Å². The Hall–Kier alpha value is -3.09. The number of carbonyl (C=O) groups excluding carboxylic acids is 1. The van der Waals surface area contributed by atoms with E-state index in [2.05, 4.69) is 24.8 Å². The summed E-state index contributed by atoms with van der Waals surface area (Å²) in [5.41, 5.74) is 2.98. The Morgan fingerprint density at radius 2 is 2.04 bits per heavy atom. The van der Waals surface area contributed by atoms with Gasteiger partial charge in [0, 0.05) is 25.3 Å². The van der Waals surface area contributed by atoms with Crippen molar-refractivity contribution >= 4 is 17.5 Å². The van der Waals surface area contributed by atoms with Gasteiger partial charge in [0.25, 0.3) is 0 Å². The zero-order valence-corrected chi connectivity index (χ0v) is 16.3. The summed E-state index contributed by atoms with van der Waals surface area (Å²) in [4.78, 5) is 14.9. The Morgan fingerprint density at radius 1 is 1.21 bits per heavy atom. The molecule has 1 amide bonds. The third kappa shape index (κ3) is 3.65. The molecule has 0 bridgehead atoms. The maximum absolute atomic E-state index is 12.7. The number of aryl methyl sites for hydroxylation is 1. The molecule has 1 aliphatic heterocycles. The average molecular weight is 379 g/mol. The Labute approximate surface area is 164 Å². The molecular weight excluding hydrogens is 354 g/mol. The van der Waals surface area contributed by atoms with E-state index in [1.54, 1.807) is 7.11 Å². The van der Waals surface area contributed by atoms with Crippen molar-refractivity contribution in [3.05, 3.63) is 53.7 Å². The maximum Gasteiger partial charge on any atom is 0.231 e. The number of hydrogen-bond acceptors (Lipinski definition) is 5. The van der Waals surface area contributed by atoms with Crippen LogP contribution in [0, 0.1) is 12.8 Å². The Balaban J connectivity index is 1.42. The summed E-state index contributed by atoms with van der Waals surface area (Å²) in [7, 11) is 1.64. The van der Waals surface area contributed by atoms with Crippen LogP contribution in [0.15, 0.2) is 42.5 Å². The average Bonchev–Trinajstić information content (AvgIpc) is 3.18. The molecule has 1 atom stereocenters. The first-order valence-electron chi connectivity index (χ1n) is 9.62. The van der Waals surface area contributed by atoms with Crippen molar-refractivity contribution in [1.29, 1.82) is 0 Å². The van der Waals surface area contributed by atoms with Gasteiger partial charge in [0.05, 0.1) is 13.0 Å². The lowest BCUT2D eigenvalue weighted by Gasteiger charge is -2.32. The molecule has 1 saturated heterocycles. The number of carbonyl (C=O) groups is 1. The molecule has 0 unspecified atom stereocenters.